The molecule has 0 amide bonds. The Kier molecular flexibility index (Phi) is 4.25. The van der Waals surface area contributed by atoms with Gasteiger partial charge in [-0.2, -0.15) is 0 Å². The largest absolute Gasteiger partial charge is 0.309 e. The number of nitrogens with one attached hydrogen (secondary N) is 1. The molecule has 0 aliphatic carbocycles. The van der Waals surface area contributed by atoms with Crippen LogP contribution in [0, 0.1) is 13.8 Å². The molecule has 0 aliphatic rings. The molecule has 17 heavy (non-hydrogen) atoms. The van der Waals surface area contributed by atoms with Gasteiger partial charge in [0.05, 0.1) is 15.7 Å². The third kappa shape index (κ3) is 3.34. The van der Waals surface area contributed by atoms with Crippen molar-refractivity contribution in [3.63, 3.8) is 0 Å². The highest BCUT2D eigenvalue weighted by atomic mass is 32.1. The number of aromatic nitrogens is 2. The van der Waals surface area contributed by atoms with Crippen molar-refractivity contribution in [2.24, 2.45) is 0 Å². The van der Waals surface area contributed by atoms with Gasteiger partial charge in [-0.15, -0.1) is 22.7 Å². The molecule has 0 spiro atoms. The molecule has 1 atom stereocenters. The average molecular weight is 267 g/mol. The van der Waals surface area contributed by atoms with Gasteiger partial charge in [0.1, 0.15) is 0 Å². The maximum Gasteiger partial charge on any atom is 0.0937 e. The Bertz CT molecular complexity index is 462. The molecule has 2 heterocycles. The van der Waals surface area contributed by atoms with Gasteiger partial charge in [-0.1, -0.05) is 0 Å². The van der Waals surface area contributed by atoms with Crippen molar-refractivity contribution in [1.29, 1.82) is 0 Å². The molecule has 2 rings (SSSR count). The Morgan fingerprint density at radius 3 is 2.82 bits per heavy atom. The summed E-state index contributed by atoms with van der Waals surface area (Å²) in [4.78, 5) is 10.1. The minimum Gasteiger partial charge on any atom is -0.309 e. The summed E-state index contributed by atoms with van der Waals surface area (Å²) >= 11 is 3.50. The molecular formula is C12H17N3S2. The highest BCUT2D eigenvalue weighted by molar-refractivity contribution is 7.11. The Morgan fingerprint density at radius 2 is 2.24 bits per heavy atom. The minimum atomic E-state index is 0.376. The van der Waals surface area contributed by atoms with Crippen LogP contribution in [-0.2, 0) is 6.42 Å². The fraction of sp³-hybridized carbons (Fsp3) is 0.500. The average Bonchev–Trinajstić information content (AvgIpc) is 2.88. The third-order valence-corrected chi connectivity index (χ3v) is 4.70. The Hall–Kier alpha value is -0.780. The van der Waals surface area contributed by atoms with Crippen molar-refractivity contribution in [1.82, 2.24) is 15.3 Å². The van der Waals surface area contributed by atoms with Crippen molar-refractivity contribution in [3.05, 3.63) is 32.2 Å². The van der Waals surface area contributed by atoms with Gasteiger partial charge in [-0.3, -0.25) is 0 Å². The van der Waals surface area contributed by atoms with Crippen LogP contribution < -0.4 is 5.32 Å². The second kappa shape index (κ2) is 5.71. The molecule has 0 aromatic carbocycles. The van der Waals surface area contributed by atoms with E-state index in [1.54, 1.807) is 22.7 Å². The van der Waals surface area contributed by atoms with Crippen LogP contribution in [0.5, 0.6) is 0 Å². The second-order valence-electron chi connectivity index (χ2n) is 4.03. The number of aryl methyl sites for hydroxylation is 2. The molecule has 1 N–H and O–H groups in total. The van der Waals surface area contributed by atoms with Crippen LogP contribution in [0.3, 0.4) is 0 Å². The van der Waals surface area contributed by atoms with Gasteiger partial charge in [0.25, 0.3) is 0 Å². The zero-order valence-corrected chi connectivity index (χ0v) is 12.0. The van der Waals surface area contributed by atoms with Gasteiger partial charge in [0.15, 0.2) is 0 Å². The fourth-order valence-corrected chi connectivity index (χ4v) is 3.39. The van der Waals surface area contributed by atoms with Gasteiger partial charge in [0.2, 0.25) is 0 Å². The summed E-state index contributed by atoms with van der Waals surface area (Å²) in [6.45, 7) is 7.30. The van der Waals surface area contributed by atoms with E-state index in [0.29, 0.717) is 6.04 Å². The maximum atomic E-state index is 4.46. The molecule has 1 unspecified atom stereocenters. The molecule has 5 heteroatoms. The summed E-state index contributed by atoms with van der Waals surface area (Å²) in [5.41, 5.74) is 1.15. The molecule has 0 aliphatic heterocycles. The Morgan fingerprint density at radius 1 is 1.41 bits per heavy atom. The van der Waals surface area contributed by atoms with Crippen LogP contribution in [0.4, 0.5) is 0 Å². The fourth-order valence-electron chi connectivity index (χ4n) is 1.81. The maximum absolute atomic E-state index is 4.46. The van der Waals surface area contributed by atoms with Crippen LogP contribution in [0.25, 0.3) is 0 Å². The Balaban J connectivity index is 1.85. The highest BCUT2D eigenvalue weighted by Crippen LogP contribution is 2.24. The van der Waals surface area contributed by atoms with E-state index in [1.165, 1.54) is 9.88 Å². The van der Waals surface area contributed by atoms with Crippen LogP contribution in [0.1, 0.15) is 33.6 Å². The van der Waals surface area contributed by atoms with E-state index < -0.39 is 0 Å². The monoisotopic (exact) mass is 267 g/mol. The van der Waals surface area contributed by atoms with Gasteiger partial charge in [-0.05, 0) is 20.8 Å². The van der Waals surface area contributed by atoms with E-state index in [9.17, 15) is 0 Å². The molecule has 0 fully saturated rings. The minimum absolute atomic E-state index is 0.376. The molecule has 0 radical (unpaired) electrons. The summed E-state index contributed by atoms with van der Waals surface area (Å²) in [5, 5.41) is 7.89. The number of nitrogens with zero attached hydrogens (tertiary/aromatic N) is 2. The van der Waals surface area contributed by atoms with Crippen molar-refractivity contribution in [3.8, 4) is 0 Å². The molecule has 0 saturated heterocycles. The van der Waals surface area contributed by atoms with E-state index in [1.807, 2.05) is 11.6 Å². The van der Waals surface area contributed by atoms with Crippen molar-refractivity contribution in [2.75, 3.05) is 6.54 Å². The Labute approximate surface area is 110 Å². The zero-order valence-electron chi connectivity index (χ0n) is 10.4. The lowest BCUT2D eigenvalue weighted by Gasteiger charge is -2.11. The molecule has 2 aromatic heterocycles. The lowest BCUT2D eigenvalue weighted by molar-refractivity contribution is 0.581. The van der Waals surface area contributed by atoms with E-state index in [4.69, 9.17) is 0 Å². The number of hydrogen-bond donors (Lipinski definition) is 1. The third-order valence-electron chi connectivity index (χ3n) is 2.61. The van der Waals surface area contributed by atoms with Gasteiger partial charge < -0.3 is 5.32 Å². The summed E-state index contributed by atoms with van der Waals surface area (Å²) in [6, 6.07) is 0.376. The standard InChI is InChI=1S/C12H17N3S2/c1-8(12-9(2)15-10(3)17-12)13-5-4-11-14-6-7-16-11/h6-8,13H,4-5H2,1-3H3. The van der Waals surface area contributed by atoms with Crippen molar-refractivity contribution < 1.29 is 0 Å². The molecular weight excluding hydrogens is 250 g/mol. The summed E-state index contributed by atoms with van der Waals surface area (Å²) in [6.07, 6.45) is 2.86. The normalized spacial score (nSPS) is 12.9. The smallest absolute Gasteiger partial charge is 0.0937 e. The van der Waals surface area contributed by atoms with Crippen molar-refractivity contribution in [2.45, 2.75) is 33.2 Å². The van der Waals surface area contributed by atoms with Gasteiger partial charge in [0, 0.05) is 35.5 Å². The van der Waals surface area contributed by atoms with Crippen molar-refractivity contribution >= 4 is 22.7 Å². The molecule has 0 saturated carbocycles. The molecule has 3 nitrogen and oxygen atoms in total. The van der Waals surface area contributed by atoms with E-state index in [2.05, 4.69) is 36.1 Å². The van der Waals surface area contributed by atoms with E-state index in [0.717, 1.165) is 23.7 Å². The predicted octanol–water partition coefficient (Wildman–Crippen LogP) is 3.11. The zero-order chi connectivity index (χ0) is 12.3. The lowest BCUT2D eigenvalue weighted by atomic mass is 10.2. The highest BCUT2D eigenvalue weighted by Gasteiger charge is 2.12. The quantitative estimate of drug-likeness (QED) is 0.904. The van der Waals surface area contributed by atoms with Crippen LogP contribution in [-0.4, -0.2) is 16.5 Å². The predicted molar refractivity (Wildman–Crippen MR) is 73.8 cm³/mol. The van der Waals surface area contributed by atoms with Crippen LogP contribution >= 0.6 is 22.7 Å². The number of rotatable bonds is 5. The summed E-state index contributed by atoms with van der Waals surface area (Å²) < 4.78 is 0. The van der Waals surface area contributed by atoms with Crippen LogP contribution in [0.2, 0.25) is 0 Å². The summed E-state index contributed by atoms with van der Waals surface area (Å²) in [7, 11) is 0. The number of hydrogen-bond acceptors (Lipinski definition) is 5. The van der Waals surface area contributed by atoms with Gasteiger partial charge in [-0.25, -0.2) is 9.97 Å². The van der Waals surface area contributed by atoms with Crippen LogP contribution in [0.15, 0.2) is 11.6 Å². The second-order valence-corrected chi connectivity index (χ2v) is 6.25. The number of thiazole rings is 2. The molecule has 2 aromatic rings. The SMILES string of the molecule is Cc1nc(C)c(C(C)NCCc2nccs2)s1. The lowest BCUT2D eigenvalue weighted by Crippen LogP contribution is -2.21. The molecule has 0 bridgehead atoms. The van der Waals surface area contributed by atoms with E-state index >= 15 is 0 Å². The first kappa shape index (κ1) is 12.7. The topological polar surface area (TPSA) is 37.8 Å². The van der Waals surface area contributed by atoms with E-state index in [-0.39, 0.29) is 0 Å². The van der Waals surface area contributed by atoms with Gasteiger partial charge >= 0.3 is 0 Å². The first-order valence-corrected chi connectivity index (χ1v) is 7.42. The summed E-state index contributed by atoms with van der Waals surface area (Å²) in [5.74, 6) is 0. The first-order chi connectivity index (χ1) is 8.16. The first-order valence-electron chi connectivity index (χ1n) is 5.72. The molecule has 92 valence electrons.